The molecule has 0 bridgehead atoms. The van der Waals surface area contributed by atoms with Crippen LogP contribution in [0.15, 0.2) is 78.9 Å². The Morgan fingerprint density at radius 3 is 2.13 bits per heavy atom. The van der Waals surface area contributed by atoms with E-state index >= 15 is 0 Å². The molecule has 3 rings (SSSR count). The summed E-state index contributed by atoms with van der Waals surface area (Å²) >= 11 is 0. The van der Waals surface area contributed by atoms with E-state index in [0.29, 0.717) is 11.4 Å². The zero-order valence-electron chi connectivity index (χ0n) is 23.1. The van der Waals surface area contributed by atoms with E-state index < -0.39 is 28.5 Å². The summed E-state index contributed by atoms with van der Waals surface area (Å²) in [5, 5.41) is 2.94. The minimum absolute atomic E-state index is 0.140. The van der Waals surface area contributed by atoms with Crippen LogP contribution in [0, 0.1) is 6.92 Å². The SMILES string of the molecule is COc1ccc(N(CC(=O)N(Cc2cccc(C)c2)[C@H](Cc2ccccc2)C(=O)NC(C)C)S(C)(=O)=O)cc1. The predicted octanol–water partition coefficient (Wildman–Crippen LogP) is 3.93. The highest BCUT2D eigenvalue weighted by molar-refractivity contribution is 7.92. The normalized spacial score (nSPS) is 12.1. The molecule has 208 valence electrons. The Morgan fingerprint density at radius 1 is 0.923 bits per heavy atom. The standard InChI is InChI=1S/C30H37N3O5S/c1-22(2)31-30(35)28(19-24-11-7-6-8-12-24)32(20-25-13-9-10-23(3)18-25)29(34)21-33(39(5,36)37)26-14-16-27(38-4)17-15-26/h6-18,22,28H,19-21H2,1-5H3,(H,31,35)/t28-/m1/s1. The molecule has 0 spiro atoms. The van der Waals surface area contributed by atoms with Crippen LogP contribution in [-0.4, -0.2) is 57.1 Å². The second kappa shape index (κ2) is 13.3. The van der Waals surface area contributed by atoms with Crippen LogP contribution in [-0.2, 0) is 32.6 Å². The van der Waals surface area contributed by atoms with Crippen LogP contribution in [0.4, 0.5) is 5.69 Å². The van der Waals surface area contributed by atoms with Crippen LogP contribution in [0.3, 0.4) is 0 Å². The Balaban J connectivity index is 2.04. The number of anilines is 1. The van der Waals surface area contributed by atoms with Gasteiger partial charge in [-0.25, -0.2) is 8.42 Å². The van der Waals surface area contributed by atoms with E-state index in [9.17, 15) is 18.0 Å². The maximum absolute atomic E-state index is 14.0. The fourth-order valence-electron chi connectivity index (χ4n) is 4.30. The second-order valence-corrected chi connectivity index (χ2v) is 11.8. The van der Waals surface area contributed by atoms with Gasteiger partial charge in [-0.05, 0) is 56.2 Å². The lowest BCUT2D eigenvalue weighted by Gasteiger charge is -2.34. The van der Waals surface area contributed by atoms with Crippen molar-refractivity contribution >= 4 is 27.5 Å². The molecule has 3 aromatic rings. The van der Waals surface area contributed by atoms with Gasteiger partial charge in [0.15, 0.2) is 0 Å². The van der Waals surface area contributed by atoms with Gasteiger partial charge >= 0.3 is 0 Å². The number of sulfonamides is 1. The molecule has 0 unspecified atom stereocenters. The number of benzene rings is 3. The van der Waals surface area contributed by atoms with Crippen molar-refractivity contribution < 1.29 is 22.7 Å². The van der Waals surface area contributed by atoms with Crippen LogP contribution in [0.25, 0.3) is 0 Å². The Bertz CT molecular complexity index is 1360. The molecule has 0 radical (unpaired) electrons. The lowest BCUT2D eigenvalue weighted by Crippen LogP contribution is -2.54. The molecular formula is C30H37N3O5S. The first kappa shape index (κ1) is 29.7. The van der Waals surface area contributed by atoms with Crippen molar-refractivity contribution in [2.24, 2.45) is 0 Å². The average molecular weight is 552 g/mol. The summed E-state index contributed by atoms with van der Waals surface area (Å²) < 4.78 is 31.9. The van der Waals surface area contributed by atoms with Gasteiger partial charge in [0.25, 0.3) is 0 Å². The summed E-state index contributed by atoms with van der Waals surface area (Å²) in [5.74, 6) is -0.226. The Hall–Kier alpha value is -3.85. The summed E-state index contributed by atoms with van der Waals surface area (Å²) in [6.45, 7) is 5.36. The molecule has 0 saturated carbocycles. The molecule has 0 aliphatic heterocycles. The van der Waals surface area contributed by atoms with E-state index in [1.165, 1.54) is 12.0 Å². The number of rotatable bonds is 12. The van der Waals surface area contributed by atoms with Crippen molar-refractivity contribution in [1.29, 1.82) is 0 Å². The fraction of sp³-hybridized carbons (Fsp3) is 0.333. The third kappa shape index (κ3) is 8.58. The number of ether oxygens (including phenoxy) is 1. The first-order valence-electron chi connectivity index (χ1n) is 12.8. The van der Waals surface area contributed by atoms with E-state index in [1.807, 2.05) is 75.4 Å². The van der Waals surface area contributed by atoms with Crippen LogP contribution in [0.2, 0.25) is 0 Å². The highest BCUT2D eigenvalue weighted by Crippen LogP contribution is 2.23. The summed E-state index contributed by atoms with van der Waals surface area (Å²) in [7, 11) is -2.31. The highest BCUT2D eigenvalue weighted by Gasteiger charge is 2.33. The van der Waals surface area contributed by atoms with Crippen molar-refractivity contribution in [2.75, 3.05) is 24.2 Å². The van der Waals surface area contributed by atoms with Gasteiger partial charge in [-0.1, -0.05) is 60.2 Å². The molecule has 1 N–H and O–H groups in total. The molecule has 3 aromatic carbocycles. The molecule has 0 heterocycles. The maximum atomic E-state index is 14.0. The monoisotopic (exact) mass is 551 g/mol. The summed E-state index contributed by atoms with van der Waals surface area (Å²) in [6.07, 6.45) is 1.33. The lowest BCUT2D eigenvalue weighted by molar-refractivity contribution is -0.140. The van der Waals surface area contributed by atoms with Crippen LogP contribution in [0.1, 0.15) is 30.5 Å². The van der Waals surface area contributed by atoms with Crippen LogP contribution < -0.4 is 14.4 Å². The number of methoxy groups -OCH3 is 1. The topological polar surface area (TPSA) is 96.0 Å². The number of nitrogens with one attached hydrogen (secondary N) is 1. The first-order chi connectivity index (χ1) is 18.5. The lowest BCUT2D eigenvalue weighted by atomic mass is 10.0. The number of hydrogen-bond acceptors (Lipinski definition) is 5. The van der Waals surface area contributed by atoms with Gasteiger partial charge in [0, 0.05) is 19.0 Å². The van der Waals surface area contributed by atoms with Gasteiger partial charge < -0.3 is 15.0 Å². The quantitative estimate of drug-likeness (QED) is 0.368. The Kier molecular flexibility index (Phi) is 10.1. The smallest absolute Gasteiger partial charge is 0.244 e. The van der Waals surface area contributed by atoms with Gasteiger partial charge in [-0.3, -0.25) is 13.9 Å². The van der Waals surface area contributed by atoms with Crippen molar-refractivity contribution in [3.8, 4) is 5.75 Å². The zero-order valence-corrected chi connectivity index (χ0v) is 23.9. The second-order valence-electron chi connectivity index (χ2n) is 9.85. The third-order valence-corrected chi connectivity index (χ3v) is 7.32. The number of carbonyl (C=O) groups is 2. The summed E-state index contributed by atoms with van der Waals surface area (Å²) in [4.78, 5) is 29.0. The molecule has 2 amide bonds. The van der Waals surface area contributed by atoms with Gasteiger partial charge in [-0.15, -0.1) is 0 Å². The van der Waals surface area contributed by atoms with Crippen LogP contribution >= 0.6 is 0 Å². The molecule has 0 aliphatic carbocycles. The molecule has 1 atom stereocenters. The van der Waals surface area contributed by atoms with E-state index in [-0.39, 0.29) is 24.9 Å². The van der Waals surface area contributed by atoms with Crippen molar-refractivity contribution in [2.45, 2.75) is 45.8 Å². The largest absolute Gasteiger partial charge is 0.497 e. The van der Waals surface area contributed by atoms with E-state index in [4.69, 9.17) is 4.74 Å². The van der Waals surface area contributed by atoms with Gasteiger partial charge in [-0.2, -0.15) is 0 Å². The molecule has 0 saturated heterocycles. The predicted molar refractivity (Wildman–Crippen MR) is 154 cm³/mol. The molecule has 0 fully saturated rings. The number of nitrogens with zero attached hydrogens (tertiary/aromatic N) is 2. The minimum atomic E-state index is -3.83. The Morgan fingerprint density at radius 2 is 1.56 bits per heavy atom. The minimum Gasteiger partial charge on any atom is -0.497 e. The van der Waals surface area contributed by atoms with E-state index in [0.717, 1.165) is 27.3 Å². The number of aryl methyl sites for hydroxylation is 1. The van der Waals surface area contributed by atoms with Gasteiger partial charge in [0.2, 0.25) is 21.8 Å². The fourth-order valence-corrected chi connectivity index (χ4v) is 5.15. The van der Waals surface area contributed by atoms with Crippen molar-refractivity contribution in [3.63, 3.8) is 0 Å². The molecule has 8 nitrogen and oxygen atoms in total. The number of hydrogen-bond donors (Lipinski definition) is 1. The highest BCUT2D eigenvalue weighted by atomic mass is 32.2. The third-order valence-electron chi connectivity index (χ3n) is 6.18. The van der Waals surface area contributed by atoms with Gasteiger partial charge in [0.1, 0.15) is 18.3 Å². The first-order valence-corrected chi connectivity index (χ1v) is 14.6. The van der Waals surface area contributed by atoms with Gasteiger partial charge in [0.05, 0.1) is 19.1 Å². The van der Waals surface area contributed by atoms with Crippen molar-refractivity contribution in [3.05, 3.63) is 95.6 Å². The number of carbonyl (C=O) groups excluding carboxylic acids is 2. The molecular weight excluding hydrogens is 514 g/mol. The average Bonchev–Trinajstić information content (AvgIpc) is 2.89. The summed E-state index contributed by atoms with van der Waals surface area (Å²) in [5.41, 5.74) is 3.07. The maximum Gasteiger partial charge on any atom is 0.244 e. The number of amides is 2. The van der Waals surface area contributed by atoms with Crippen LogP contribution in [0.5, 0.6) is 5.75 Å². The summed E-state index contributed by atoms with van der Waals surface area (Å²) in [6, 6.07) is 22.6. The van der Waals surface area contributed by atoms with E-state index in [2.05, 4.69) is 5.32 Å². The molecule has 0 aromatic heterocycles. The Labute approximate surface area is 231 Å². The van der Waals surface area contributed by atoms with Crippen molar-refractivity contribution in [1.82, 2.24) is 10.2 Å². The molecule has 39 heavy (non-hydrogen) atoms. The van der Waals surface area contributed by atoms with E-state index in [1.54, 1.807) is 24.3 Å². The molecule has 9 heteroatoms. The molecule has 0 aliphatic rings. The zero-order chi connectivity index (χ0) is 28.6.